The Morgan fingerprint density at radius 2 is 1.64 bits per heavy atom. The monoisotopic (exact) mass is 445 g/mol. The summed E-state index contributed by atoms with van der Waals surface area (Å²) < 4.78 is 8.83. The first-order chi connectivity index (χ1) is 13.2. The normalized spacial score (nSPS) is 16.1. The molecule has 1 fully saturated rings. The van der Waals surface area contributed by atoms with E-state index in [9.17, 15) is 0 Å². The molecule has 1 aromatic heterocycles. The molecule has 3 N–H and O–H groups in total. The van der Waals surface area contributed by atoms with Crippen molar-refractivity contribution < 1.29 is 9.47 Å². The first-order valence-corrected chi connectivity index (χ1v) is 9.95. The summed E-state index contributed by atoms with van der Waals surface area (Å²) in [6.07, 6.45) is 4.12. The Balaban J connectivity index is 1.98. The lowest BCUT2D eigenvalue weighted by molar-refractivity contribution is 0.394. The summed E-state index contributed by atoms with van der Waals surface area (Å²) in [5, 5.41) is 3.18. The van der Waals surface area contributed by atoms with E-state index in [-0.39, 0.29) is 11.4 Å². The van der Waals surface area contributed by atoms with Crippen molar-refractivity contribution in [2.75, 3.05) is 26.1 Å². The van der Waals surface area contributed by atoms with Crippen LogP contribution in [0.3, 0.4) is 0 Å². The summed E-state index contributed by atoms with van der Waals surface area (Å²) in [7, 11) is 3.13. The third-order valence-corrected chi connectivity index (χ3v) is 5.20. The van der Waals surface area contributed by atoms with Crippen molar-refractivity contribution in [3.63, 3.8) is 0 Å². The third-order valence-electron chi connectivity index (χ3n) is 4.70. The second-order valence-electron chi connectivity index (χ2n) is 6.83. The number of methoxy groups -OCH3 is 2. The number of ether oxygens (including phenoxy) is 2. The van der Waals surface area contributed by atoms with Gasteiger partial charge in [0.1, 0.15) is 11.5 Å². The molecular weight excluding hydrogens is 425 g/mol. The van der Waals surface area contributed by atoms with Gasteiger partial charge in [-0.15, -0.1) is 0 Å². The van der Waals surface area contributed by atoms with Crippen LogP contribution in [0.2, 0.25) is 0 Å². The van der Waals surface area contributed by atoms with Crippen LogP contribution in [-0.4, -0.2) is 41.3 Å². The van der Waals surface area contributed by atoms with E-state index >= 15 is 0 Å². The highest BCUT2D eigenvalue weighted by atomic mass is 35.6. The average molecular weight is 447 g/mol. The second kappa shape index (κ2) is 8.45. The summed E-state index contributed by atoms with van der Waals surface area (Å²) >= 11 is 18.1. The van der Waals surface area contributed by atoms with Crippen LogP contribution < -0.4 is 20.5 Å². The maximum Gasteiger partial charge on any atom is 0.250 e. The molecule has 0 saturated heterocycles. The van der Waals surface area contributed by atoms with Crippen molar-refractivity contribution in [3.05, 3.63) is 24.0 Å². The summed E-state index contributed by atoms with van der Waals surface area (Å²) in [5.41, 5.74) is 6.76. The number of nitrogens with one attached hydrogen (secondary N) is 1. The lowest BCUT2D eigenvalue weighted by atomic mass is 10.00. The predicted molar refractivity (Wildman–Crippen MR) is 111 cm³/mol. The standard InChI is InChI=1S/C18H22Cl3N5O2/c1-27-12-7-11(8-13(9-12)28-2)14-24-15(18(19,20)21)26-16(25-14)23-10-17(22)5-3-4-6-17/h7-9H,3-6,10,22H2,1-2H3,(H,23,24,25,26). The number of hydrogen-bond acceptors (Lipinski definition) is 7. The third kappa shape index (κ3) is 5.08. The van der Waals surface area contributed by atoms with Gasteiger partial charge in [-0.05, 0) is 25.0 Å². The van der Waals surface area contributed by atoms with Crippen molar-refractivity contribution in [2.45, 2.75) is 35.0 Å². The molecule has 1 aliphatic rings. The SMILES string of the molecule is COc1cc(OC)cc(-c2nc(NCC3(N)CCCC3)nc(C(Cl)(Cl)Cl)n2)c1. The Morgan fingerprint density at radius 1 is 1.04 bits per heavy atom. The Hall–Kier alpha value is -1.54. The van der Waals surface area contributed by atoms with Gasteiger partial charge >= 0.3 is 0 Å². The van der Waals surface area contributed by atoms with Crippen molar-refractivity contribution in [1.29, 1.82) is 0 Å². The molecule has 0 unspecified atom stereocenters. The number of alkyl halides is 3. The Kier molecular flexibility index (Phi) is 6.39. The van der Waals surface area contributed by atoms with Gasteiger partial charge in [0.2, 0.25) is 9.74 Å². The molecule has 0 atom stereocenters. The van der Waals surface area contributed by atoms with Gasteiger partial charge in [0, 0.05) is 23.7 Å². The van der Waals surface area contributed by atoms with Crippen LogP contribution in [0.5, 0.6) is 11.5 Å². The molecule has 7 nitrogen and oxygen atoms in total. The van der Waals surface area contributed by atoms with E-state index in [0.717, 1.165) is 25.7 Å². The maximum atomic E-state index is 6.41. The van der Waals surface area contributed by atoms with Gasteiger partial charge in [-0.25, -0.2) is 4.98 Å². The predicted octanol–water partition coefficient (Wildman–Crippen LogP) is 4.07. The molecule has 1 aliphatic carbocycles. The quantitative estimate of drug-likeness (QED) is 0.646. The summed E-state index contributed by atoms with van der Waals surface area (Å²) in [5.74, 6) is 1.82. The number of nitrogens with zero attached hydrogens (tertiary/aromatic N) is 3. The first kappa shape index (κ1) is 21.2. The fourth-order valence-electron chi connectivity index (χ4n) is 3.16. The van der Waals surface area contributed by atoms with E-state index in [2.05, 4.69) is 20.3 Å². The van der Waals surface area contributed by atoms with Crippen LogP contribution in [-0.2, 0) is 3.79 Å². The van der Waals surface area contributed by atoms with E-state index in [1.54, 1.807) is 32.4 Å². The van der Waals surface area contributed by atoms with Crippen LogP contribution in [0.25, 0.3) is 11.4 Å². The van der Waals surface area contributed by atoms with E-state index in [4.69, 9.17) is 50.0 Å². The highest BCUT2D eigenvalue weighted by Gasteiger charge is 2.31. The smallest absolute Gasteiger partial charge is 0.250 e. The van der Waals surface area contributed by atoms with Crippen molar-refractivity contribution >= 4 is 40.8 Å². The van der Waals surface area contributed by atoms with Crippen molar-refractivity contribution in [1.82, 2.24) is 15.0 Å². The van der Waals surface area contributed by atoms with Gasteiger partial charge in [-0.2, -0.15) is 9.97 Å². The number of halogens is 3. The molecule has 0 amide bonds. The van der Waals surface area contributed by atoms with Gasteiger partial charge in [0.25, 0.3) is 0 Å². The molecule has 1 heterocycles. The molecule has 152 valence electrons. The zero-order chi connectivity index (χ0) is 20.4. The van der Waals surface area contributed by atoms with Crippen molar-refractivity contribution in [3.8, 4) is 22.9 Å². The molecule has 3 rings (SSSR count). The number of hydrogen-bond donors (Lipinski definition) is 2. The molecule has 0 spiro atoms. The second-order valence-corrected chi connectivity index (χ2v) is 9.11. The summed E-state index contributed by atoms with van der Waals surface area (Å²) in [6.45, 7) is 0.525. The summed E-state index contributed by atoms with van der Waals surface area (Å²) in [6, 6.07) is 5.29. The fourth-order valence-corrected chi connectivity index (χ4v) is 3.41. The lowest BCUT2D eigenvalue weighted by Crippen LogP contribution is -2.43. The van der Waals surface area contributed by atoms with Crippen LogP contribution in [0.1, 0.15) is 31.5 Å². The Labute approximate surface area is 178 Å². The fraction of sp³-hybridized carbons (Fsp3) is 0.500. The van der Waals surface area contributed by atoms with Gasteiger partial charge < -0.3 is 20.5 Å². The molecule has 1 saturated carbocycles. The van der Waals surface area contributed by atoms with Gasteiger partial charge in [0.15, 0.2) is 11.6 Å². The van der Waals surface area contributed by atoms with Crippen molar-refractivity contribution in [2.24, 2.45) is 5.73 Å². The molecule has 1 aromatic carbocycles. The maximum absolute atomic E-state index is 6.41. The molecule has 0 radical (unpaired) electrons. The highest BCUT2D eigenvalue weighted by molar-refractivity contribution is 6.66. The molecular formula is C18H22Cl3N5O2. The average Bonchev–Trinajstić information content (AvgIpc) is 3.12. The Morgan fingerprint density at radius 3 is 2.18 bits per heavy atom. The number of aromatic nitrogens is 3. The molecule has 2 aromatic rings. The topological polar surface area (TPSA) is 95.2 Å². The minimum atomic E-state index is -1.80. The number of benzene rings is 1. The van der Waals surface area contributed by atoms with Gasteiger partial charge in [0.05, 0.1) is 14.2 Å². The highest BCUT2D eigenvalue weighted by Crippen LogP contribution is 2.37. The van der Waals surface area contributed by atoms with Crippen LogP contribution in [0, 0.1) is 0 Å². The van der Waals surface area contributed by atoms with E-state index in [1.807, 2.05) is 0 Å². The van der Waals surface area contributed by atoms with E-state index in [0.29, 0.717) is 35.4 Å². The minimum Gasteiger partial charge on any atom is -0.497 e. The molecule has 10 heteroatoms. The van der Waals surface area contributed by atoms with E-state index in [1.165, 1.54) is 0 Å². The zero-order valence-corrected chi connectivity index (χ0v) is 17.9. The minimum absolute atomic E-state index is 0.0179. The zero-order valence-electron chi connectivity index (χ0n) is 15.6. The lowest BCUT2D eigenvalue weighted by Gasteiger charge is -2.24. The van der Waals surface area contributed by atoms with Crippen LogP contribution >= 0.6 is 34.8 Å². The summed E-state index contributed by atoms with van der Waals surface area (Å²) in [4.78, 5) is 13.1. The number of rotatable bonds is 6. The molecule has 28 heavy (non-hydrogen) atoms. The Bertz CT molecular complexity index is 816. The van der Waals surface area contributed by atoms with Crippen LogP contribution in [0.4, 0.5) is 5.95 Å². The van der Waals surface area contributed by atoms with Gasteiger partial charge in [-0.3, -0.25) is 0 Å². The number of nitrogens with two attached hydrogens (primary N) is 1. The number of anilines is 1. The van der Waals surface area contributed by atoms with E-state index < -0.39 is 3.79 Å². The first-order valence-electron chi connectivity index (χ1n) is 8.82. The molecule has 0 bridgehead atoms. The molecule has 0 aliphatic heterocycles. The van der Waals surface area contributed by atoms with Gasteiger partial charge in [-0.1, -0.05) is 47.6 Å². The largest absolute Gasteiger partial charge is 0.497 e. The van der Waals surface area contributed by atoms with Crippen LogP contribution in [0.15, 0.2) is 18.2 Å².